The number of hydrogen-bond acceptors (Lipinski definition) is 4. The van der Waals surface area contributed by atoms with Crippen LogP contribution in [0.1, 0.15) is 12.6 Å². The molecule has 7 heteroatoms. The molecule has 0 aliphatic carbocycles. The molecule has 0 saturated heterocycles. The molecule has 3 aromatic rings. The number of amides is 1. The van der Waals surface area contributed by atoms with Gasteiger partial charge in [0.2, 0.25) is 5.91 Å². The van der Waals surface area contributed by atoms with Crippen LogP contribution in [0, 0.1) is 0 Å². The molecule has 0 aliphatic rings. The van der Waals surface area contributed by atoms with Crippen LogP contribution in [-0.4, -0.2) is 17.5 Å². The van der Waals surface area contributed by atoms with Crippen LogP contribution in [0.25, 0.3) is 10.6 Å². The lowest BCUT2D eigenvalue weighted by atomic mass is 10.2. The second-order valence-electron chi connectivity index (χ2n) is 5.45. The molecule has 0 bridgehead atoms. The van der Waals surface area contributed by atoms with E-state index >= 15 is 0 Å². The molecule has 4 nitrogen and oxygen atoms in total. The number of aromatic nitrogens is 1. The second kappa shape index (κ2) is 8.66. The molecule has 0 radical (unpaired) electrons. The Kier molecular flexibility index (Phi) is 6.29. The summed E-state index contributed by atoms with van der Waals surface area (Å²) in [6.07, 6.45) is 0.183. The maximum atomic E-state index is 12.4. The molecule has 1 heterocycles. The molecule has 0 fully saturated rings. The second-order valence-corrected chi connectivity index (χ2v) is 7.66. The summed E-state index contributed by atoms with van der Waals surface area (Å²) in [6, 6.07) is 13.1. The molecule has 1 amide bonds. The van der Waals surface area contributed by atoms with Crippen LogP contribution in [0.5, 0.6) is 5.75 Å². The van der Waals surface area contributed by atoms with Gasteiger partial charge in [0, 0.05) is 20.4 Å². The lowest BCUT2D eigenvalue weighted by Crippen LogP contribution is -2.15. The molecular formula is C19H16BrClN2O2S. The average Bonchev–Trinajstić information content (AvgIpc) is 3.06. The van der Waals surface area contributed by atoms with Gasteiger partial charge < -0.3 is 10.1 Å². The van der Waals surface area contributed by atoms with Crippen molar-refractivity contribution in [3.05, 3.63) is 63.0 Å². The average molecular weight is 452 g/mol. The summed E-state index contributed by atoms with van der Waals surface area (Å²) in [5.41, 5.74) is 2.30. The standard InChI is InChI=1S/C19H16BrClN2O2S/c1-2-25-17-7-6-14(21)9-16(17)23-18(24)10-15-11-26-19(22-15)12-4-3-5-13(20)8-12/h3-9,11H,2,10H2,1H3,(H,23,24). The number of hydrogen-bond donors (Lipinski definition) is 1. The zero-order valence-electron chi connectivity index (χ0n) is 14.0. The molecular weight excluding hydrogens is 436 g/mol. The summed E-state index contributed by atoms with van der Waals surface area (Å²) in [5.74, 6) is 0.428. The van der Waals surface area contributed by atoms with E-state index < -0.39 is 0 Å². The molecule has 0 unspecified atom stereocenters. The van der Waals surface area contributed by atoms with E-state index in [1.165, 1.54) is 11.3 Å². The number of nitrogens with one attached hydrogen (secondary N) is 1. The molecule has 134 valence electrons. The Morgan fingerprint density at radius 3 is 2.92 bits per heavy atom. The number of carbonyl (C=O) groups excluding carboxylic acids is 1. The quantitative estimate of drug-likeness (QED) is 0.515. The summed E-state index contributed by atoms with van der Waals surface area (Å²) >= 11 is 11.0. The Bertz CT molecular complexity index is 929. The first-order chi connectivity index (χ1) is 12.5. The largest absolute Gasteiger partial charge is 0.492 e. The van der Waals surface area contributed by atoms with Gasteiger partial charge in [-0.25, -0.2) is 4.98 Å². The van der Waals surface area contributed by atoms with Gasteiger partial charge >= 0.3 is 0 Å². The van der Waals surface area contributed by atoms with Gasteiger partial charge in [0.1, 0.15) is 10.8 Å². The fourth-order valence-corrected chi connectivity index (χ4v) is 3.77. The van der Waals surface area contributed by atoms with Gasteiger partial charge in [-0.1, -0.05) is 39.7 Å². The Morgan fingerprint density at radius 1 is 1.31 bits per heavy atom. The van der Waals surface area contributed by atoms with Crippen LogP contribution in [0.2, 0.25) is 5.02 Å². The highest BCUT2D eigenvalue weighted by Gasteiger charge is 2.12. The van der Waals surface area contributed by atoms with E-state index in [9.17, 15) is 4.79 Å². The van der Waals surface area contributed by atoms with Crippen molar-refractivity contribution in [2.24, 2.45) is 0 Å². The van der Waals surface area contributed by atoms with Crippen molar-refractivity contribution in [2.75, 3.05) is 11.9 Å². The smallest absolute Gasteiger partial charge is 0.230 e. The summed E-state index contributed by atoms with van der Waals surface area (Å²) < 4.78 is 6.52. The summed E-state index contributed by atoms with van der Waals surface area (Å²) in [6.45, 7) is 2.39. The molecule has 3 rings (SSSR count). The van der Waals surface area contributed by atoms with E-state index in [2.05, 4.69) is 26.2 Å². The Balaban J connectivity index is 1.70. The van der Waals surface area contributed by atoms with Gasteiger partial charge in [0.15, 0.2) is 0 Å². The Morgan fingerprint density at radius 2 is 2.15 bits per heavy atom. The van der Waals surface area contributed by atoms with Gasteiger partial charge in [0.25, 0.3) is 0 Å². The van der Waals surface area contributed by atoms with Crippen LogP contribution in [0.3, 0.4) is 0 Å². The van der Waals surface area contributed by atoms with E-state index in [1.54, 1.807) is 18.2 Å². The van der Waals surface area contributed by atoms with Gasteiger partial charge in [-0.05, 0) is 37.3 Å². The van der Waals surface area contributed by atoms with Gasteiger partial charge in [0.05, 0.1) is 24.4 Å². The first-order valence-electron chi connectivity index (χ1n) is 7.97. The predicted octanol–water partition coefficient (Wildman–Crippen LogP) is 5.81. The maximum Gasteiger partial charge on any atom is 0.230 e. The third kappa shape index (κ3) is 4.84. The molecule has 0 saturated carbocycles. The fourth-order valence-electron chi connectivity index (χ4n) is 2.38. The topological polar surface area (TPSA) is 51.2 Å². The van der Waals surface area contributed by atoms with Crippen molar-refractivity contribution in [1.82, 2.24) is 4.98 Å². The van der Waals surface area contributed by atoms with Gasteiger partial charge in [-0.2, -0.15) is 0 Å². The number of ether oxygens (including phenoxy) is 1. The van der Waals surface area contributed by atoms with E-state index in [4.69, 9.17) is 16.3 Å². The monoisotopic (exact) mass is 450 g/mol. The molecule has 0 atom stereocenters. The number of halogens is 2. The van der Waals surface area contributed by atoms with Crippen LogP contribution >= 0.6 is 38.9 Å². The number of benzene rings is 2. The maximum absolute atomic E-state index is 12.4. The lowest BCUT2D eigenvalue weighted by Gasteiger charge is -2.11. The lowest BCUT2D eigenvalue weighted by molar-refractivity contribution is -0.115. The number of thiazole rings is 1. The number of carbonyl (C=O) groups is 1. The molecule has 1 aromatic heterocycles. The minimum absolute atomic E-state index is 0.167. The SMILES string of the molecule is CCOc1ccc(Cl)cc1NC(=O)Cc1csc(-c2cccc(Br)c2)n1. The van der Waals surface area contributed by atoms with E-state index in [0.717, 1.165) is 20.7 Å². The Hall–Kier alpha value is -1.89. The van der Waals surface area contributed by atoms with Crippen molar-refractivity contribution in [3.63, 3.8) is 0 Å². The van der Waals surface area contributed by atoms with E-state index in [-0.39, 0.29) is 12.3 Å². The number of anilines is 1. The molecule has 2 aromatic carbocycles. The van der Waals surface area contributed by atoms with Crippen molar-refractivity contribution in [2.45, 2.75) is 13.3 Å². The van der Waals surface area contributed by atoms with E-state index in [0.29, 0.717) is 23.1 Å². The van der Waals surface area contributed by atoms with Gasteiger partial charge in [-0.3, -0.25) is 4.79 Å². The van der Waals surface area contributed by atoms with E-state index in [1.807, 2.05) is 36.6 Å². The minimum atomic E-state index is -0.167. The zero-order chi connectivity index (χ0) is 18.5. The van der Waals surface area contributed by atoms with Gasteiger partial charge in [-0.15, -0.1) is 11.3 Å². The van der Waals surface area contributed by atoms with Crippen LogP contribution in [0.15, 0.2) is 52.3 Å². The molecule has 0 spiro atoms. The fraction of sp³-hybridized carbons (Fsp3) is 0.158. The summed E-state index contributed by atoms with van der Waals surface area (Å²) in [4.78, 5) is 17.0. The van der Waals surface area contributed by atoms with Crippen LogP contribution in [0.4, 0.5) is 5.69 Å². The minimum Gasteiger partial charge on any atom is -0.492 e. The predicted molar refractivity (Wildman–Crippen MR) is 110 cm³/mol. The van der Waals surface area contributed by atoms with Crippen molar-refractivity contribution >= 4 is 50.5 Å². The first-order valence-corrected chi connectivity index (χ1v) is 10.0. The number of nitrogens with zero attached hydrogens (tertiary/aromatic N) is 1. The van der Waals surface area contributed by atoms with Crippen LogP contribution < -0.4 is 10.1 Å². The summed E-state index contributed by atoms with van der Waals surface area (Å²) in [5, 5.41) is 6.17. The first kappa shape index (κ1) is 18.9. The molecule has 1 N–H and O–H groups in total. The van der Waals surface area contributed by atoms with Crippen molar-refractivity contribution in [3.8, 4) is 16.3 Å². The third-order valence-corrected chi connectivity index (χ3v) is 5.15. The zero-order valence-corrected chi connectivity index (χ0v) is 17.1. The van der Waals surface area contributed by atoms with Crippen LogP contribution in [-0.2, 0) is 11.2 Å². The third-order valence-electron chi connectivity index (χ3n) is 3.48. The molecule has 0 aliphatic heterocycles. The highest BCUT2D eigenvalue weighted by Crippen LogP contribution is 2.29. The highest BCUT2D eigenvalue weighted by molar-refractivity contribution is 9.10. The van der Waals surface area contributed by atoms with Crippen molar-refractivity contribution in [1.29, 1.82) is 0 Å². The Labute approximate surface area is 169 Å². The summed E-state index contributed by atoms with van der Waals surface area (Å²) in [7, 11) is 0. The highest BCUT2D eigenvalue weighted by atomic mass is 79.9. The molecule has 26 heavy (non-hydrogen) atoms. The number of rotatable bonds is 6. The normalized spacial score (nSPS) is 10.6. The van der Waals surface area contributed by atoms with Crippen molar-refractivity contribution < 1.29 is 9.53 Å².